The van der Waals surface area contributed by atoms with Crippen LogP contribution in [-0.2, 0) is 21.1 Å². The van der Waals surface area contributed by atoms with Gasteiger partial charge in [-0.25, -0.2) is 8.42 Å². The van der Waals surface area contributed by atoms with Crippen molar-refractivity contribution in [3.8, 4) is 0 Å². The summed E-state index contributed by atoms with van der Waals surface area (Å²) in [6.45, 7) is -0.157. The minimum Gasteiger partial charge on any atom is -0.481 e. The molecule has 0 bridgehead atoms. The van der Waals surface area contributed by atoms with Crippen molar-refractivity contribution in [1.82, 2.24) is 0 Å². The lowest BCUT2D eigenvalue weighted by Gasteiger charge is -2.04. The molecule has 0 unspecified atom stereocenters. The quantitative estimate of drug-likeness (QED) is 0.768. The Labute approximate surface area is 106 Å². The third-order valence-electron chi connectivity index (χ3n) is 2.48. The molecule has 5 nitrogen and oxygen atoms in total. The Morgan fingerprint density at radius 3 is 2.28 bits per heavy atom. The van der Waals surface area contributed by atoms with Gasteiger partial charge in [-0.3, -0.25) is 4.79 Å². The van der Waals surface area contributed by atoms with Crippen LogP contribution in [0.15, 0.2) is 29.2 Å². The van der Waals surface area contributed by atoms with Gasteiger partial charge in [0.05, 0.1) is 10.6 Å². The second-order valence-electron chi connectivity index (χ2n) is 3.93. The molecule has 0 saturated heterocycles. The van der Waals surface area contributed by atoms with E-state index < -0.39 is 15.8 Å². The highest BCUT2D eigenvalue weighted by molar-refractivity contribution is 7.91. The van der Waals surface area contributed by atoms with E-state index in [4.69, 9.17) is 10.2 Å². The van der Waals surface area contributed by atoms with Crippen molar-refractivity contribution in [3.05, 3.63) is 29.8 Å². The van der Waals surface area contributed by atoms with Gasteiger partial charge in [-0.1, -0.05) is 12.1 Å². The van der Waals surface area contributed by atoms with Crippen molar-refractivity contribution in [1.29, 1.82) is 0 Å². The smallest absolute Gasteiger partial charge is 0.303 e. The Morgan fingerprint density at radius 1 is 1.17 bits per heavy atom. The molecule has 1 aromatic rings. The summed E-state index contributed by atoms with van der Waals surface area (Å²) in [5.74, 6) is -0.965. The van der Waals surface area contributed by atoms with E-state index in [0.717, 1.165) is 5.56 Å². The van der Waals surface area contributed by atoms with Crippen molar-refractivity contribution in [3.63, 3.8) is 0 Å². The first-order chi connectivity index (χ1) is 8.45. The molecule has 0 fully saturated rings. The van der Waals surface area contributed by atoms with E-state index in [-0.39, 0.29) is 30.1 Å². The number of hydrogen-bond acceptors (Lipinski definition) is 4. The molecule has 0 aliphatic carbocycles. The molecule has 0 aliphatic heterocycles. The van der Waals surface area contributed by atoms with Gasteiger partial charge in [0.2, 0.25) is 0 Å². The lowest BCUT2D eigenvalue weighted by Crippen LogP contribution is -2.08. The molecule has 1 aromatic carbocycles. The molecular formula is C12H16O5S. The summed E-state index contributed by atoms with van der Waals surface area (Å²) in [5, 5.41) is 17.2. The number of carboxylic acid groups (broad SMARTS) is 1. The third kappa shape index (κ3) is 4.46. The van der Waals surface area contributed by atoms with E-state index in [1.807, 2.05) is 0 Å². The van der Waals surface area contributed by atoms with Gasteiger partial charge >= 0.3 is 5.97 Å². The van der Waals surface area contributed by atoms with Crippen LogP contribution in [0, 0.1) is 0 Å². The number of aliphatic carboxylic acids is 1. The molecule has 1 rings (SSSR count). The number of carbonyl (C=O) groups is 1. The highest BCUT2D eigenvalue weighted by Crippen LogP contribution is 2.14. The largest absolute Gasteiger partial charge is 0.481 e. The van der Waals surface area contributed by atoms with Crippen LogP contribution in [0.25, 0.3) is 0 Å². The number of sulfone groups is 1. The van der Waals surface area contributed by atoms with E-state index in [1.165, 1.54) is 12.1 Å². The van der Waals surface area contributed by atoms with Gasteiger partial charge < -0.3 is 10.2 Å². The zero-order chi connectivity index (χ0) is 13.6. The van der Waals surface area contributed by atoms with E-state index >= 15 is 0 Å². The monoisotopic (exact) mass is 272 g/mol. The third-order valence-corrected chi connectivity index (χ3v) is 4.30. The highest BCUT2D eigenvalue weighted by atomic mass is 32.2. The van der Waals surface area contributed by atoms with Gasteiger partial charge in [0.1, 0.15) is 0 Å². The van der Waals surface area contributed by atoms with Crippen molar-refractivity contribution in [2.75, 3.05) is 12.4 Å². The molecule has 18 heavy (non-hydrogen) atoms. The predicted octanol–water partition coefficient (Wildman–Crippen LogP) is 0.860. The van der Waals surface area contributed by atoms with E-state index in [9.17, 15) is 13.2 Å². The average Bonchev–Trinajstić information content (AvgIpc) is 2.34. The van der Waals surface area contributed by atoms with Crippen molar-refractivity contribution >= 4 is 15.8 Å². The maximum atomic E-state index is 11.8. The predicted molar refractivity (Wildman–Crippen MR) is 66.2 cm³/mol. The van der Waals surface area contributed by atoms with Gasteiger partial charge in [-0.2, -0.15) is 0 Å². The van der Waals surface area contributed by atoms with Crippen LogP contribution in [0.3, 0.4) is 0 Å². The molecule has 0 radical (unpaired) electrons. The van der Waals surface area contributed by atoms with Crippen LogP contribution in [0.4, 0.5) is 0 Å². The van der Waals surface area contributed by atoms with Crippen LogP contribution in [0.5, 0.6) is 0 Å². The van der Waals surface area contributed by atoms with Gasteiger partial charge in [-0.15, -0.1) is 0 Å². The Hall–Kier alpha value is -1.40. The fraction of sp³-hybridized carbons (Fsp3) is 0.417. The van der Waals surface area contributed by atoms with Gasteiger partial charge in [-0.05, 0) is 30.5 Å². The molecule has 0 spiro atoms. The van der Waals surface area contributed by atoms with E-state index in [0.29, 0.717) is 6.42 Å². The molecule has 0 saturated carbocycles. The van der Waals surface area contributed by atoms with E-state index in [2.05, 4.69) is 0 Å². The lowest BCUT2D eigenvalue weighted by molar-refractivity contribution is -0.136. The highest BCUT2D eigenvalue weighted by Gasteiger charge is 2.13. The number of aryl methyl sites for hydroxylation is 1. The summed E-state index contributed by atoms with van der Waals surface area (Å²) in [7, 11) is -3.35. The molecule has 0 aromatic heterocycles. The average molecular weight is 272 g/mol. The van der Waals surface area contributed by atoms with Crippen molar-refractivity contribution in [2.45, 2.75) is 24.2 Å². The zero-order valence-corrected chi connectivity index (χ0v) is 10.7. The molecule has 2 N–H and O–H groups in total. The number of aliphatic hydroxyl groups is 1. The van der Waals surface area contributed by atoms with Gasteiger partial charge in [0.25, 0.3) is 0 Å². The molecule has 0 aliphatic rings. The van der Waals surface area contributed by atoms with Crippen molar-refractivity contribution < 1.29 is 23.4 Å². The summed E-state index contributed by atoms with van der Waals surface area (Å²) >= 11 is 0. The molecular weight excluding hydrogens is 256 g/mol. The fourth-order valence-corrected chi connectivity index (χ4v) is 2.78. The summed E-state index contributed by atoms with van der Waals surface area (Å²) < 4.78 is 23.5. The lowest BCUT2D eigenvalue weighted by atomic mass is 10.1. The molecule has 0 atom stereocenters. The fourth-order valence-electron chi connectivity index (χ4n) is 1.49. The first-order valence-electron chi connectivity index (χ1n) is 5.60. The summed E-state index contributed by atoms with van der Waals surface area (Å²) in [4.78, 5) is 10.6. The Kier molecular flexibility index (Phi) is 5.30. The van der Waals surface area contributed by atoms with Gasteiger partial charge in [0, 0.05) is 13.0 Å². The summed E-state index contributed by atoms with van der Waals surface area (Å²) in [5.41, 5.74) is 0.790. The standard InChI is InChI=1S/C12H16O5S/c13-8-1-9-18(16,17)11-5-2-10(3-6-11)4-7-12(14)15/h2-3,5-6,13H,1,4,7-9H2,(H,14,15). The Morgan fingerprint density at radius 2 is 1.78 bits per heavy atom. The SMILES string of the molecule is O=C(O)CCc1ccc(S(=O)(=O)CCCO)cc1. The van der Waals surface area contributed by atoms with E-state index in [1.54, 1.807) is 12.1 Å². The topological polar surface area (TPSA) is 91.7 Å². The number of benzene rings is 1. The molecule has 6 heteroatoms. The summed E-state index contributed by atoms with van der Waals surface area (Å²) in [6.07, 6.45) is 0.617. The number of rotatable bonds is 7. The van der Waals surface area contributed by atoms with Crippen LogP contribution >= 0.6 is 0 Å². The Bertz CT molecular complexity index is 490. The Balaban J connectivity index is 2.73. The van der Waals surface area contributed by atoms with Crippen LogP contribution < -0.4 is 0 Å². The minimum absolute atomic E-state index is 0.0244. The summed E-state index contributed by atoms with van der Waals surface area (Å²) in [6, 6.07) is 6.19. The van der Waals surface area contributed by atoms with Crippen LogP contribution in [0.1, 0.15) is 18.4 Å². The van der Waals surface area contributed by atoms with Crippen LogP contribution in [0.2, 0.25) is 0 Å². The maximum absolute atomic E-state index is 11.8. The minimum atomic E-state index is -3.35. The zero-order valence-electron chi connectivity index (χ0n) is 9.87. The number of aliphatic hydroxyl groups excluding tert-OH is 1. The van der Waals surface area contributed by atoms with Gasteiger partial charge in [0.15, 0.2) is 9.84 Å². The molecule has 0 amide bonds. The first kappa shape index (κ1) is 14.7. The molecule has 0 heterocycles. The first-order valence-corrected chi connectivity index (χ1v) is 7.25. The maximum Gasteiger partial charge on any atom is 0.303 e. The molecule has 100 valence electrons. The number of hydrogen-bond donors (Lipinski definition) is 2. The van der Waals surface area contributed by atoms with Crippen LogP contribution in [-0.4, -0.2) is 37.0 Å². The van der Waals surface area contributed by atoms with Crippen molar-refractivity contribution in [2.24, 2.45) is 0 Å². The number of carboxylic acids is 1. The second-order valence-corrected chi connectivity index (χ2v) is 6.04. The normalized spacial score (nSPS) is 11.4. The second kappa shape index (κ2) is 6.51.